The van der Waals surface area contributed by atoms with Crippen LogP contribution in [0.2, 0.25) is 0 Å². The molecule has 112 valence electrons. The number of hydrogen-bond acceptors (Lipinski definition) is 3. The lowest BCUT2D eigenvalue weighted by molar-refractivity contribution is -0.118. The molecule has 2 N–H and O–H groups in total. The van der Waals surface area contributed by atoms with Gasteiger partial charge in [0.25, 0.3) is 0 Å². The summed E-state index contributed by atoms with van der Waals surface area (Å²) in [6.07, 6.45) is 5.35. The first kappa shape index (κ1) is 14.3. The van der Waals surface area contributed by atoms with Crippen molar-refractivity contribution in [3.8, 4) is 11.3 Å². The number of amides is 1. The van der Waals surface area contributed by atoms with Gasteiger partial charge in [-0.3, -0.25) is 4.79 Å². The molecule has 5 nitrogen and oxygen atoms in total. The van der Waals surface area contributed by atoms with Crippen LogP contribution in [0.3, 0.4) is 0 Å². The Morgan fingerprint density at radius 2 is 2.14 bits per heavy atom. The van der Waals surface area contributed by atoms with Crippen LogP contribution in [0.25, 0.3) is 22.2 Å². The van der Waals surface area contributed by atoms with Crippen molar-refractivity contribution in [3.05, 3.63) is 48.5 Å². The molecule has 0 fully saturated rings. The van der Waals surface area contributed by atoms with Crippen LogP contribution < -0.4 is 5.32 Å². The van der Waals surface area contributed by atoms with E-state index >= 15 is 0 Å². The van der Waals surface area contributed by atoms with E-state index in [1.165, 1.54) is 6.92 Å². The molecule has 22 heavy (non-hydrogen) atoms. The zero-order valence-corrected chi connectivity index (χ0v) is 12.5. The Morgan fingerprint density at radius 3 is 3.00 bits per heavy atom. The second-order valence-electron chi connectivity index (χ2n) is 5.19. The summed E-state index contributed by atoms with van der Waals surface area (Å²) in [6, 6.07) is 10.1. The normalized spacial score (nSPS) is 10.8. The molecule has 3 aromatic rings. The van der Waals surface area contributed by atoms with Crippen molar-refractivity contribution < 1.29 is 4.79 Å². The molecule has 0 aliphatic rings. The number of aromatic nitrogens is 3. The number of benzene rings is 1. The van der Waals surface area contributed by atoms with Crippen LogP contribution in [-0.4, -0.2) is 27.4 Å². The lowest BCUT2D eigenvalue weighted by Crippen LogP contribution is -2.21. The van der Waals surface area contributed by atoms with Crippen molar-refractivity contribution in [2.75, 3.05) is 6.54 Å². The quantitative estimate of drug-likeness (QED) is 0.711. The highest BCUT2D eigenvalue weighted by Crippen LogP contribution is 2.26. The van der Waals surface area contributed by atoms with Crippen molar-refractivity contribution in [1.82, 2.24) is 20.3 Å². The van der Waals surface area contributed by atoms with E-state index in [4.69, 9.17) is 0 Å². The number of fused-ring (bicyclic) bond motifs is 1. The summed E-state index contributed by atoms with van der Waals surface area (Å²) >= 11 is 0. The monoisotopic (exact) mass is 294 g/mol. The van der Waals surface area contributed by atoms with E-state index in [0.717, 1.165) is 40.8 Å². The fraction of sp³-hybridized carbons (Fsp3) is 0.235. The number of rotatable bonds is 5. The van der Waals surface area contributed by atoms with Gasteiger partial charge >= 0.3 is 0 Å². The fourth-order valence-corrected chi connectivity index (χ4v) is 2.46. The van der Waals surface area contributed by atoms with E-state index in [-0.39, 0.29) is 5.91 Å². The first-order chi connectivity index (χ1) is 10.7. The summed E-state index contributed by atoms with van der Waals surface area (Å²) in [6.45, 7) is 2.17. The van der Waals surface area contributed by atoms with E-state index in [1.807, 2.05) is 30.5 Å². The van der Waals surface area contributed by atoms with E-state index in [9.17, 15) is 4.79 Å². The summed E-state index contributed by atoms with van der Waals surface area (Å²) in [7, 11) is 0. The van der Waals surface area contributed by atoms with E-state index in [2.05, 4.69) is 26.3 Å². The average molecular weight is 294 g/mol. The molecule has 2 aromatic heterocycles. The highest BCUT2D eigenvalue weighted by molar-refractivity contribution is 5.94. The number of carbonyl (C=O) groups excluding carboxylic acids is 1. The molecular formula is C17H18N4O. The lowest BCUT2D eigenvalue weighted by Gasteiger charge is -2.04. The number of aromatic amines is 1. The largest absolute Gasteiger partial charge is 0.360 e. The SMILES string of the molecule is CC(=O)NCCCc1nccc(-c2c[nH]c3ccccc23)n1. The summed E-state index contributed by atoms with van der Waals surface area (Å²) in [5, 5.41) is 3.94. The number of carbonyl (C=O) groups is 1. The maximum atomic E-state index is 10.8. The third-order valence-electron chi connectivity index (χ3n) is 3.52. The van der Waals surface area contributed by atoms with Gasteiger partial charge in [0.2, 0.25) is 5.91 Å². The zero-order valence-electron chi connectivity index (χ0n) is 12.5. The van der Waals surface area contributed by atoms with Gasteiger partial charge in [0.1, 0.15) is 5.82 Å². The second kappa shape index (κ2) is 6.39. The van der Waals surface area contributed by atoms with Gasteiger partial charge < -0.3 is 10.3 Å². The Balaban J connectivity index is 1.77. The molecule has 1 amide bonds. The molecule has 2 heterocycles. The number of H-pyrrole nitrogens is 1. The molecule has 0 spiro atoms. The van der Waals surface area contributed by atoms with Gasteiger partial charge in [-0.15, -0.1) is 0 Å². The topological polar surface area (TPSA) is 70.7 Å². The van der Waals surface area contributed by atoms with Crippen LogP contribution in [0, 0.1) is 0 Å². The van der Waals surface area contributed by atoms with Gasteiger partial charge in [-0.2, -0.15) is 0 Å². The number of nitrogens with one attached hydrogen (secondary N) is 2. The van der Waals surface area contributed by atoms with Crippen molar-refractivity contribution in [2.45, 2.75) is 19.8 Å². The van der Waals surface area contributed by atoms with Crippen LogP contribution in [0.4, 0.5) is 0 Å². The van der Waals surface area contributed by atoms with Gasteiger partial charge in [-0.25, -0.2) is 9.97 Å². The smallest absolute Gasteiger partial charge is 0.216 e. The van der Waals surface area contributed by atoms with Gasteiger partial charge in [0.15, 0.2) is 0 Å². The van der Waals surface area contributed by atoms with Gasteiger partial charge in [-0.1, -0.05) is 18.2 Å². The van der Waals surface area contributed by atoms with Crippen LogP contribution in [0.5, 0.6) is 0 Å². The zero-order chi connectivity index (χ0) is 15.4. The molecule has 5 heteroatoms. The minimum atomic E-state index is -0.00605. The highest BCUT2D eigenvalue weighted by Gasteiger charge is 2.08. The Hall–Kier alpha value is -2.69. The standard InChI is InChI=1S/C17H18N4O/c1-12(22)18-9-4-7-17-19-10-8-16(21-17)14-11-20-15-6-3-2-5-13(14)15/h2-3,5-6,8,10-11,20H,4,7,9H2,1H3,(H,18,22). The Labute approximate surface area is 128 Å². The maximum Gasteiger partial charge on any atom is 0.216 e. The minimum Gasteiger partial charge on any atom is -0.360 e. The Bertz CT molecular complexity index is 794. The van der Waals surface area contributed by atoms with Crippen LogP contribution in [0.1, 0.15) is 19.2 Å². The third kappa shape index (κ3) is 3.14. The van der Waals surface area contributed by atoms with Crippen molar-refractivity contribution in [1.29, 1.82) is 0 Å². The summed E-state index contributed by atoms with van der Waals surface area (Å²) < 4.78 is 0. The molecule has 0 saturated carbocycles. The molecular weight excluding hydrogens is 276 g/mol. The molecule has 0 aliphatic carbocycles. The molecule has 1 aromatic carbocycles. The summed E-state index contributed by atoms with van der Waals surface area (Å²) in [5.41, 5.74) is 3.10. The van der Waals surface area contributed by atoms with Gasteiger partial charge in [-0.05, 0) is 18.6 Å². The maximum absolute atomic E-state index is 10.8. The van der Waals surface area contributed by atoms with Gasteiger partial charge in [0.05, 0.1) is 5.69 Å². The molecule has 0 atom stereocenters. The van der Waals surface area contributed by atoms with Crippen LogP contribution in [-0.2, 0) is 11.2 Å². The first-order valence-electron chi connectivity index (χ1n) is 7.37. The summed E-state index contributed by atoms with van der Waals surface area (Å²) in [4.78, 5) is 23.1. The van der Waals surface area contributed by atoms with E-state index in [0.29, 0.717) is 6.54 Å². The first-order valence-corrected chi connectivity index (χ1v) is 7.37. The van der Waals surface area contributed by atoms with E-state index < -0.39 is 0 Å². The van der Waals surface area contributed by atoms with Crippen LogP contribution >= 0.6 is 0 Å². The predicted molar refractivity (Wildman–Crippen MR) is 86.3 cm³/mol. The number of para-hydroxylation sites is 1. The number of aryl methyl sites for hydroxylation is 1. The average Bonchev–Trinajstić information content (AvgIpc) is 2.96. The highest BCUT2D eigenvalue weighted by atomic mass is 16.1. The lowest BCUT2D eigenvalue weighted by atomic mass is 10.1. The Kier molecular flexibility index (Phi) is 4.14. The number of nitrogens with zero attached hydrogens (tertiary/aromatic N) is 2. The molecule has 0 radical (unpaired) electrons. The molecule has 0 saturated heterocycles. The minimum absolute atomic E-state index is 0.00605. The predicted octanol–water partition coefficient (Wildman–Crippen LogP) is 2.69. The van der Waals surface area contributed by atoms with Crippen LogP contribution in [0.15, 0.2) is 42.7 Å². The molecule has 0 aliphatic heterocycles. The summed E-state index contributed by atoms with van der Waals surface area (Å²) in [5.74, 6) is 0.793. The molecule has 0 unspecified atom stereocenters. The van der Waals surface area contributed by atoms with Crippen molar-refractivity contribution >= 4 is 16.8 Å². The second-order valence-corrected chi connectivity index (χ2v) is 5.19. The Morgan fingerprint density at radius 1 is 1.27 bits per heavy atom. The molecule has 3 rings (SSSR count). The van der Waals surface area contributed by atoms with E-state index in [1.54, 1.807) is 6.20 Å². The number of hydrogen-bond donors (Lipinski definition) is 2. The van der Waals surface area contributed by atoms with Crippen molar-refractivity contribution in [2.24, 2.45) is 0 Å². The fourth-order valence-electron chi connectivity index (χ4n) is 2.46. The van der Waals surface area contributed by atoms with Crippen molar-refractivity contribution in [3.63, 3.8) is 0 Å². The third-order valence-corrected chi connectivity index (χ3v) is 3.52. The molecule has 0 bridgehead atoms. The van der Waals surface area contributed by atoms with Gasteiger partial charge in [0, 0.05) is 48.7 Å².